The molecule has 4 aromatic rings. The summed E-state index contributed by atoms with van der Waals surface area (Å²) in [5.41, 5.74) is 1.73. The van der Waals surface area contributed by atoms with Gasteiger partial charge in [0, 0.05) is 24.9 Å². The van der Waals surface area contributed by atoms with E-state index in [0.29, 0.717) is 33.6 Å². The molecule has 0 atom stereocenters. The van der Waals surface area contributed by atoms with Crippen molar-refractivity contribution >= 4 is 34.5 Å². The maximum atomic E-state index is 13.2. The average molecular weight is 445 g/mol. The van der Waals surface area contributed by atoms with Crippen LogP contribution >= 0.6 is 23.4 Å². The van der Waals surface area contributed by atoms with Crippen molar-refractivity contribution in [2.75, 3.05) is 0 Å². The molecular formula is C21H18ClFN4O2S. The molecule has 0 aliphatic rings. The number of hydrogen-bond donors (Lipinski definition) is 0. The molecule has 2 aromatic carbocycles. The van der Waals surface area contributed by atoms with Crippen LogP contribution in [0.1, 0.15) is 11.1 Å². The van der Waals surface area contributed by atoms with Gasteiger partial charge in [0.1, 0.15) is 5.82 Å². The molecule has 4 rings (SSSR count). The fraction of sp³-hybridized carbons (Fsp3) is 0.190. The molecule has 0 aliphatic heterocycles. The van der Waals surface area contributed by atoms with Crippen LogP contribution in [0, 0.1) is 5.82 Å². The van der Waals surface area contributed by atoms with E-state index in [0.717, 1.165) is 15.7 Å². The summed E-state index contributed by atoms with van der Waals surface area (Å²) < 4.78 is 17.5. The maximum Gasteiger partial charge on any atom is 0.332 e. The Balaban J connectivity index is 1.82. The summed E-state index contributed by atoms with van der Waals surface area (Å²) in [4.78, 5) is 29.9. The number of thioether (sulfide) groups is 1. The molecule has 9 heteroatoms. The number of halogens is 2. The summed E-state index contributed by atoms with van der Waals surface area (Å²) in [6.45, 7) is 0.396. The van der Waals surface area contributed by atoms with Crippen LogP contribution in [-0.4, -0.2) is 18.7 Å². The van der Waals surface area contributed by atoms with E-state index in [1.165, 1.54) is 35.5 Å². The fourth-order valence-electron chi connectivity index (χ4n) is 3.18. The van der Waals surface area contributed by atoms with E-state index >= 15 is 0 Å². The number of nitrogens with zero attached hydrogens (tertiary/aromatic N) is 4. The van der Waals surface area contributed by atoms with Crippen molar-refractivity contribution in [1.29, 1.82) is 0 Å². The highest BCUT2D eigenvalue weighted by Gasteiger charge is 2.19. The lowest BCUT2D eigenvalue weighted by Crippen LogP contribution is -2.37. The molecule has 0 aliphatic carbocycles. The van der Waals surface area contributed by atoms with Gasteiger partial charge in [0.2, 0.25) is 0 Å². The predicted octanol–water partition coefficient (Wildman–Crippen LogP) is 3.57. The lowest BCUT2D eigenvalue weighted by Gasteiger charge is -2.10. The van der Waals surface area contributed by atoms with Crippen molar-refractivity contribution in [3.63, 3.8) is 0 Å². The molecule has 0 bridgehead atoms. The van der Waals surface area contributed by atoms with E-state index in [1.807, 2.05) is 16.7 Å². The molecule has 0 fully saturated rings. The Labute approximate surface area is 180 Å². The Morgan fingerprint density at radius 3 is 2.27 bits per heavy atom. The lowest BCUT2D eigenvalue weighted by molar-refractivity contribution is 0.627. The van der Waals surface area contributed by atoms with Gasteiger partial charge < -0.3 is 4.57 Å². The molecule has 0 N–H and O–H groups in total. The zero-order valence-corrected chi connectivity index (χ0v) is 17.9. The Morgan fingerprint density at radius 1 is 0.967 bits per heavy atom. The van der Waals surface area contributed by atoms with Crippen LogP contribution in [0.15, 0.2) is 63.3 Å². The molecule has 0 saturated heterocycles. The Morgan fingerprint density at radius 2 is 1.60 bits per heavy atom. The quantitative estimate of drug-likeness (QED) is 0.441. The third-order valence-corrected chi connectivity index (χ3v) is 6.15. The molecule has 0 saturated carbocycles. The second-order valence-electron chi connectivity index (χ2n) is 6.90. The molecule has 30 heavy (non-hydrogen) atoms. The molecule has 0 unspecified atom stereocenters. The average Bonchev–Trinajstić information content (AvgIpc) is 3.10. The Kier molecular flexibility index (Phi) is 5.53. The van der Waals surface area contributed by atoms with Crippen LogP contribution in [0.2, 0.25) is 5.02 Å². The van der Waals surface area contributed by atoms with Crippen molar-refractivity contribution in [3.8, 4) is 0 Å². The smallest absolute Gasteiger partial charge is 0.309 e. The third kappa shape index (κ3) is 3.80. The van der Waals surface area contributed by atoms with E-state index in [1.54, 1.807) is 31.3 Å². The summed E-state index contributed by atoms with van der Waals surface area (Å²) in [6, 6.07) is 13.6. The summed E-state index contributed by atoms with van der Waals surface area (Å²) in [7, 11) is 3.05. The summed E-state index contributed by atoms with van der Waals surface area (Å²) in [5.74, 6) is 0.246. The lowest BCUT2D eigenvalue weighted by atomic mass is 10.2. The van der Waals surface area contributed by atoms with Gasteiger partial charge in [-0.3, -0.25) is 13.9 Å². The summed E-state index contributed by atoms with van der Waals surface area (Å²) in [5, 5.41) is 1.22. The maximum absolute atomic E-state index is 13.2. The van der Waals surface area contributed by atoms with Crippen LogP contribution < -0.4 is 11.2 Å². The topological polar surface area (TPSA) is 61.8 Å². The fourth-order valence-corrected chi connectivity index (χ4v) is 4.26. The second-order valence-corrected chi connectivity index (χ2v) is 8.28. The molecule has 0 amide bonds. The van der Waals surface area contributed by atoms with Crippen LogP contribution in [0.5, 0.6) is 0 Å². The highest BCUT2D eigenvalue weighted by atomic mass is 35.5. The number of benzene rings is 2. The normalized spacial score (nSPS) is 11.3. The van der Waals surface area contributed by atoms with Gasteiger partial charge in [-0.1, -0.05) is 47.6 Å². The minimum Gasteiger partial charge on any atom is -0.309 e. The highest BCUT2D eigenvalue weighted by Crippen LogP contribution is 2.26. The molecule has 0 spiro atoms. The first kappa shape index (κ1) is 20.4. The van der Waals surface area contributed by atoms with Gasteiger partial charge in [0.15, 0.2) is 16.3 Å². The van der Waals surface area contributed by atoms with E-state index < -0.39 is 11.2 Å². The standard InChI is InChI=1S/C21H18ClFN4O2S/c1-25-18-17(19(28)26(2)21(25)29)27(11-13-3-7-15(22)8-4-13)20(24-18)30-12-14-5-9-16(23)10-6-14/h3-10H,11-12H2,1-2H3. The first-order valence-electron chi connectivity index (χ1n) is 9.13. The van der Waals surface area contributed by atoms with Gasteiger partial charge >= 0.3 is 5.69 Å². The molecule has 2 aromatic heterocycles. The number of aromatic nitrogens is 4. The van der Waals surface area contributed by atoms with Crippen LogP contribution in [0.25, 0.3) is 11.2 Å². The van der Waals surface area contributed by atoms with Crippen molar-refractivity contribution in [2.45, 2.75) is 17.5 Å². The highest BCUT2D eigenvalue weighted by molar-refractivity contribution is 7.98. The van der Waals surface area contributed by atoms with Crippen LogP contribution in [-0.2, 0) is 26.4 Å². The number of imidazole rings is 1. The monoisotopic (exact) mass is 444 g/mol. The molecular weight excluding hydrogens is 427 g/mol. The van der Waals surface area contributed by atoms with Gasteiger partial charge in [-0.05, 0) is 35.4 Å². The summed E-state index contributed by atoms with van der Waals surface area (Å²) in [6.07, 6.45) is 0. The summed E-state index contributed by atoms with van der Waals surface area (Å²) >= 11 is 7.41. The van der Waals surface area contributed by atoms with Crippen molar-refractivity contribution in [2.24, 2.45) is 14.1 Å². The van der Waals surface area contributed by atoms with E-state index in [-0.39, 0.29) is 5.82 Å². The predicted molar refractivity (Wildman–Crippen MR) is 117 cm³/mol. The number of fused-ring (bicyclic) bond motifs is 1. The van der Waals surface area contributed by atoms with Crippen molar-refractivity contribution in [3.05, 3.63) is 91.3 Å². The van der Waals surface area contributed by atoms with E-state index in [9.17, 15) is 14.0 Å². The number of rotatable bonds is 5. The minimum atomic E-state index is -0.432. The molecule has 6 nitrogen and oxygen atoms in total. The zero-order valence-electron chi connectivity index (χ0n) is 16.3. The molecule has 154 valence electrons. The second kappa shape index (κ2) is 8.12. The van der Waals surface area contributed by atoms with Gasteiger partial charge in [-0.15, -0.1) is 0 Å². The largest absolute Gasteiger partial charge is 0.332 e. The zero-order chi connectivity index (χ0) is 21.4. The number of aryl methyl sites for hydroxylation is 1. The van der Waals surface area contributed by atoms with Gasteiger partial charge in [-0.25, -0.2) is 14.2 Å². The van der Waals surface area contributed by atoms with Crippen molar-refractivity contribution < 1.29 is 4.39 Å². The van der Waals surface area contributed by atoms with E-state index in [4.69, 9.17) is 11.6 Å². The molecule has 0 radical (unpaired) electrons. The Hall–Kier alpha value is -2.84. The first-order valence-corrected chi connectivity index (χ1v) is 10.5. The van der Waals surface area contributed by atoms with Gasteiger partial charge in [0.05, 0.1) is 6.54 Å². The third-order valence-electron chi connectivity index (χ3n) is 4.85. The SMILES string of the molecule is Cn1c(=O)c2c(nc(SCc3ccc(F)cc3)n2Cc2ccc(Cl)cc2)n(C)c1=O. The van der Waals surface area contributed by atoms with Gasteiger partial charge in [-0.2, -0.15) is 0 Å². The van der Waals surface area contributed by atoms with Crippen molar-refractivity contribution in [1.82, 2.24) is 18.7 Å². The minimum absolute atomic E-state index is 0.294. The van der Waals surface area contributed by atoms with Crippen LogP contribution in [0.4, 0.5) is 4.39 Å². The van der Waals surface area contributed by atoms with Gasteiger partial charge in [0.25, 0.3) is 5.56 Å². The van der Waals surface area contributed by atoms with Crippen LogP contribution in [0.3, 0.4) is 0 Å². The Bertz CT molecular complexity index is 1340. The number of hydrogen-bond acceptors (Lipinski definition) is 4. The first-order chi connectivity index (χ1) is 14.3. The van der Waals surface area contributed by atoms with E-state index in [2.05, 4.69) is 4.98 Å². The molecule has 2 heterocycles.